The van der Waals surface area contributed by atoms with Crippen LogP contribution in [0.3, 0.4) is 0 Å². The summed E-state index contributed by atoms with van der Waals surface area (Å²) in [5, 5.41) is 3.91. The van der Waals surface area contributed by atoms with Crippen molar-refractivity contribution >= 4 is 5.69 Å². The smallest absolute Gasteiger partial charge is 0.260 e. The van der Waals surface area contributed by atoms with Gasteiger partial charge in [-0.05, 0) is 37.0 Å². The summed E-state index contributed by atoms with van der Waals surface area (Å²) < 4.78 is 23.8. The molecule has 2 aromatic rings. The monoisotopic (exact) mass is 263 g/mol. The lowest BCUT2D eigenvalue weighted by Gasteiger charge is -2.08. The fourth-order valence-corrected chi connectivity index (χ4v) is 2.08. The number of ether oxygens (including phenoxy) is 1. The third-order valence-electron chi connectivity index (χ3n) is 3.25. The predicted molar refractivity (Wildman–Crippen MR) is 66.6 cm³/mol. The van der Waals surface area contributed by atoms with Crippen LogP contribution < -0.4 is 5.73 Å². The molecule has 1 saturated carbocycles. The molecule has 1 aliphatic carbocycles. The highest BCUT2D eigenvalue weighted by Crippen LogP contribution is 2.42. The molecular formula is C13H14FN3O2. The van der Waals surface area contributed by atoms with Gasteiger partial charge in [0.05, 0.1) is 5.56 Å². The molecule has 0 saturated heterocycles. The Morgan fingerprint density at radius 1 is 1.47 bits per heavy atom. The third kappa shape index (κ3) is 2.31. The molecule has 5 nitrogen and oxygen atoms in total. The number of benzene rings is 1. The van der Waals surface area contributed by atoms with Crippen molar-refractivity contribution in [1.82, 2.24) is 10.1 Å². The summed E-state index contributed by atoms with van der Waals surface area (Å²) in [6, 6.07) is 4.05. The second-order valence-electron chi connectivity index (χ2n) is 4.68. The van der Waals surface area contributed by atoms with E-state index in [9.17, 15) is 4.39 Å². The van der Waals surface area contributed by atoms with Gasteiger partial charge in [-0.1, -0.05) is 5.16 Å². The van der Waals surface area contributed by atoms with Gasteiger partial charge < -0.3 is 15.0 Å². The predicted octanol–water partition coefficient (Wildman–Crippen LogP) is 2.56. The Bertz CT molecular complexity index is 595. The molecule has 6 heteroatoms. The first-order chi connectivity index (χ1) is 9.19. The first kappa shape index (κ1) is 12.1. The molecule has 1 aromatic carbocycles. The number of anilines is 1. The van der Waals surface area contributed by atoms with Gasteiger partial charge in [-0.2, -0.15) is 4.98 Å². The molecule has 19 heavy (non-hydrogen) atoms. The van der Waals surface area contributed by atoms with E-state index in [4.69, 9.17) is 15.0 Å². The Morgan fingerprint density at radius 2 is 2.26 bits per heavy atom. The van der Waals surface area contributed by atoms with E-state index in [1.165, 1.54) is 18.2 Å². The topological polar surface area (TPSA) is 74.2 Å². The molecule has 100 valence electrons. The van der Waals surface area contributed by atoms with Crippen LogP contribution >= 0.6 is 0 Å². The highest BCUT2D eigenvalue weighted by atomic mass is 19.1. The summed E-state index contributed by atoms with van der Waals surface area (Å²) in [5.41, 5.74) is 6.59. The van der Waals surface area contributed by atoms with Gasteiger partial charge in [-0.3, -0.25) is 0 Å². The third-order valence-corrected chi connectivity index (χ3v) is 3.25. The normalized spacial score (nSPS) is 16.5. The van der Waals surface area contributed by atoms with Crippen LogP contribution in [0.4, 0.5) is 10.1 Å². The average Bonchev–Trinajstić information content (AvgIpc) is 3.11. The summed E-state index contributed by atoms with van der Waals surface area (Å²) in [7, 11) is 1.62. The van der Waals surface area contributed by atoms with Gasteiger partial charge in [0, 0.05) is 12.8 Å². The standard InChI is InChI=1S/C13H14FN3O2/c1-18-11(7-2-3-7)12-16-13(19-17-12)9-6-8(14)4-5-10(9)15/h4-7,11H,2-3,15H2,1H3. The SMILES string of the molecule is COC(c1noc(-c2cc(F)ccc2N)n1)C1CC1. The van der Waals surface area contributed by atoms with Crippen molar-refractivity contribution in [2.75, 3.05) is 12.8 Å². The van der Waals surface area contributed by atoms with Crippen molar-refractivity contribution in [3.63, 3.8) is 0 Å². The summed E-state index contributed by atoms with van der Waals surface area (Å²) in [5.74, 6) is 0.758. The van der Waals surface area contributed by atoms with Gasteiger partial charge in [0.1, 0.15) is 11.9 Å². The minimum Gasteiger partial charge on any atom is -0.398 e. The van der Waals surface area contributed by atoms with Crippen molar-refractivity contribution in [3.05, 3.63) is 29.8 Å². The van der Waals surface area contributed by atoms with Crippen molar-refractivity contribution in [3.8, 4) is 11.5 Å². The number of hydrogen-bond donors (Lipinski definition) is 1. The molecule has 1 aliphatic rings. The Hall–Kier alpha value is -1.95. The van der Waals surface area contributed by atoms with Crippen molar-refractivity contribution in [2.45, 2.75) is 18.9 Å². The Morgan fingerprint density at radius 3 is 2.95 bits per heavy atom. The first-order valence-corrected chi connectivity index (χ1v) is 6.11. The Kier molecular flexibility index (Phi) is 2.94. The molecular weight excluding hydrogens is 249 g/mol. The van der Waals surface area contributed by atoms with Crippen LogP contribution in [-0.2, 0) is 4.74 Å². The number of methoxy groups -OCH3 is 1. The van der Waals surface area contributed by atoms with Crippen LogP contribution in [0.1, 0.15) is 24.8 Å². The summed E-state index contributed by atoms with van der Waals surface area (Å²) >= 11 is 0. The number of nitrogens with zero attached hydrogens (tertiary/aromatic N) is 2. The number of hydrogen-bond acceptors (Lipinski definition) is 5. The zero-order chi connectivity index (χ0) is 13.4. The van der Waals surface area contributed by atoms with Gasteiger partial charge in [-0.25, -0.2) is 4.39 Å². The number of nitrogen functional groups attached to an aromatic ring is 1. The molecule has 1 unspecified atom stereocenters. The lowest BCUT2D eigenvalue weighted by molar-refractivity contribution is 0.0751. The molecule has 0 aliphatic heterocycles. The van der Waals surface area contributed by atoms with Crippen LogP contribution in [0, 0.1) is 11.7 Å². The van der Waals surface area contributed by atoms with Gasteiger partial charge in [-0.15, -0.1) is 0 Å². The maximum Gasteiger partial charge on any atom is 0.260 e. The molecule has 1 aromatic heterocycles. The second kappa shape index (κ2) is 4.62. The van der Waals surface area contributed by atoms with E-state index in [1.807, 2.05) is 0 Å². The van der Waals surface area contributed by atoms with E-state index in [0.29, 0.717) is 23.0 Å². The molecule has 2 N–H and O–H groups in total. The van der Waals surface area contributed by atoms with E-state index in [0.717, 1.165) is 12.8 Å². The summed E-state index contributed by atoms with van der Waals surface area (Å²) in [6.45, 7) is 0. The second-order valence-corrected chi connectivity index (χ2v) is 4.68. The molecule has 0 amide bonds. The molecule has 0 bridgehead atoms. The van der Waals surface area contributed by atoms with E-state index in [-0.39, 0.29) is 12.0 Å². The molecule has 3 rings (SSSR count). The average molecular weight is 263 g/mol. The minimum absolute atomic E-state index is 0.160. The van der Waals surface area contributed by atoms with Gasteiger partial charge in [0.15, 0.2) is 0 Å². The van der Waals surface area contributed by atoms with Crippen molar-refractivity contribution in [1.29, 1.82) is 0 Å². The quantitative estimate of drug-likeness (QED) is 0.858. The highest BCUT2D eigenvalue weighted by molar-refractivity contribution is 5.70. The fourth-order valence-electron chi connectivity index (χ4n) is 2.08. The highest BCUT2D eigenvalue weighted by Gasteiger charge is 2.35. The van der Waals surface area contributed by atoms with Crippen LogP contribution in [0.2, 0.25) is 0 Å². The van der Waals surface area contributed by atoms with Crippen LogP contribution in [0.15, 0.2) is 22.7 Å². The lowest BCUT2D eigenvalue weighted by Crippen LogP contribution is -2.05. The molecule has 1 heterocycles. The number of rotatable bonds is 4. The van der Waals surface area contributed by atoms with Crippen molar-refractivity contribution in [2.24, 2.45) is 5.92 Å². The van der Waals surface area contributed by atoms with Gasteiger partial charge >= 0.3 is 0 Å². The Balaban J connectivity index is 1.94. The lowest BCUT2D eigenvalue weighted by atomic mass is 10.1. The molecule has 1 atom stereocenters. The van der Waals surface area contributed by atoms with Gasteiger partial charge in [0.25, 0.3) is 5.89 Å². The number of nitrogens with two attached hydrogens (primary N) is 1. The summed E-state index contributed by atoms with van der Waals surface area (Å²) in [6.07, 6.45) is 2.04. The molecule has 0 spiro atoms. The maximum absolute atomic E-state index is 13.2. The minimum atomic E-state index is -0.394. The number of aromatic nitrogens is 2. The Labute approximate surface area is 109 Å². The zero-order valence-corrected chi connectivity index (χ0v) is 10.5. The molecule has 0 radical (unpaired) electrons. The largest absolute Gasteiger partial charge is 0.398 e. The van der Waals surface area contributed by atoms with E-state index < -0.39 is 5.82 Å². The fraction of sp³-hybridized carbons (Fsp3) is 0.385. The molecule has 1 fully saturated rings. The zero-order valence-electron chi connectivity index (χ0n) is 10.5. The van der Waals surface area contributed by atoms with Gasteiger partial charge in [0.2, 0.25) is 5.82 Å². The van der Waals surface area contributed by atoms with E-state index in [2.05, 4.69) is 10.1 Å². The van der Waals surface area contributed by atoms with E-state index in [1.54, 1.807) is 7.11 Å². The van der Waals surface area contributed by atoms with E-state index >= 15 is 0 Å². The van der Waals surface area contributed by atoms with Crippen LogP contribution in [0.5, 0.6) is 0 Å². The van der Waals surface area contributed by atoms with Crippen molar-refractivity contribution < 1.29 is 13.7 Å². The van der Waals surface area contributed by atoms with Crippen LogP contribution in [-0.4, -0.2) is 17.3 Å². The summed E-state index contributed by atoms with van der Waals surface area (Å²) in [4.78, 5) is 4.27. The van der Waals surface area contributed by atoms with Crippen LogP contribution in [0.25, 0.3) is 11.5 Å². The first-order valence-electron chi connectivity index (χ1n) is 6.11. The maximum atomic E-state index is 13.2. The number of halogens is 1.